The van der Waals surface area contributed by atoms with Crippen LogP contribution >= 0.6 is 0 Å². The van der Waals surface area contributed by atoms with Gasteiger partial charge in [0.15, 0.2) is 0 Å². The van der Waals surface area contributed by atoms with Crippen LogP contribution < -0.4 is 20.5 Å². The van der Waals surface area contributed by atoms with Crippen LogP contribution in [0.2, 0.25) is 0 Å². The number of carboxylic acids is 1. The summed E-state index contributed by atoms with van der Waals surface area (Å²) in [5, 5.41) is 18.9. The zero-order chi connectivity index (χ0) is 22.6. The maximum Gasteiger partial charge on any atom is 0.323 e. The van der Waals surface area contributed by atoms with Crippen molar-refractivity contribution in [3.05, 3.63) is 29.8 Å². The van der Waals surface area contributed by atoms with Gasteiger partial charge in [0, 0.05) is 18.5 Å². The van der Waals surface area contributed by atoms with Gasteiger partial charge in [0.25, 0.3) is 0 Å². The molecule has 0 aliphatic carbocycles. The van der Waals surface area contributed by atoms with Crippen molar-refractivity contribution in [3.8, 4) is 5.75 Å². The first-order valence-electron chi connectivity index (χ1n) is 9.71. The van der Waals surface area contributed by atoms with E-state index in [0.29, 0.717) is 43.6 Å². The van der Waals surface area contributed by atoms with Crippen molar-refractivity contribution in [1.29, 1.82) is 5.41 Å². The van der Waals surface area contributed by atoms with E-state index in [2.05, 4.69) is 10.0 Å². The Hall–Kier alpha value is -2.66. The van der Waals surface area contributed by atoms with Gasteiger partial charge < -0.3 is 20.9 Å². The molecule has 1 atom stereocenters. The summed E-state index contributed by atoms with van der Waals surface area (Å²) in [5.74, 6) is -1.26. The smallest absolute Gasteiger partial charge is 0.323 e. The first-order chi connectivity index (χ1) is 14.1. The summed E-state index contributed by atoms with van der Waals surface area (Å²) >= 11 is 0. The number of nitrogens with two attached hydrogens (primary N) is 1. The lowest BCUT2D eigenvalue weighted by molar-refractivity contribution is -0.138. The third-order valence-corrected chi connectivity index (χ3v) is 5.59. The maximum absolute atomic E-state index is 11.9. The predicted octanol–water partition coefficient (Wildman–Crippen LogP) is 0.809. The lowest BCUT2D eigenvalue weighted by Crippen LogP contribution is -2.48. The number of amides is 1. The van der Waals surface area contributed by atoms with E-state index in [-0.39, 0.29) is 30.5 Å². The zero-order valence-electron chi connectivity index (χ0n) is 17.0. The van der Waals surface area contributed by atoms with Crippen LogP contribution in [0.25, 0.3) is 0 Å². The number of carbonyl (C=O) groups excluding carboxylic acids is 1. The molecule has 0 aliphatic rings. The molecule has 6 N–H and O–H groups in total. The fourth-order valence-electron chi connectivity index (χ4n) is 2.40. The van der Waals surface area contributed by atoms with Crippen molar-refractivity contribution in [3.63, 3.8) is 0 Å². The van der Waals surface area contributed by atoms with Gasteiger partial charge in [0.1, 0.15) is 17.6 Å². The summed E-state index contributed by atoms with van der Waals surface area (Å²) in [5.41, 5.74) is 5.98. The number of rotatable bonds is 15. The molecule has 11 heteroatoms. The average Bonchev–Trinajstić information content (AvgIpc) is 2.69. The molecule has 0 saturated carbocycles. The van der Waals surface area contributed by atoms with Gasteiger partial charge in [-0.3, -0.25) is 15.0 Å². The molecule has 1 aromatic rings. The topological polar surface area (TPSA) is 172 Å². The van der Waals surface area contributed by atoms with Crippen molar-refractivity contribution in [2.75, 3.05) is 18.9 Å². The van der Waals surface area contributed by atoms with Gasteiger partial charge in [-0.15, -0.1) is 0 Å². The minimum atomic E-state index is -3.71. The largest absolute Gasteiger partial charge is 0.494 e. The fraction of sp³-hybridized carbons (Fsp3) is 0.526. The molecule has 168 valence electrons. The summed E-state index contributed by atoms with van der Waals surface area (Å²) in [6.45, 7) is 1.90. The van der Waals surface area contributed by atoms with Crippen LogP contribution in [-0.2, 0) is 19.6 Å². The third-order valence-electron chi connectivity index (χ3n) is 4.12. The summed E-state index contributed by atoms with van der Waals surface area (Å²) in [7, 11) is -3.71. The van der Waals surface area contributed by atoms with Crippen LogP contribution in [0, 0.1) is 5.41 Å². The van der Waals surface area contributed by atoms with Crippen LogP contribution in [0.4, 0.5) is 0 Å². The molecule has 0 saturated heterocycles. The lowest BCUT2D eigenvalue weighted by atomic mass is 10.2. The third kappa shape index (κ3) is 10.2. The second-order valence-electron chi connectivity index (χ2n) is 6.73. The number of benzene rings is 1. The zero-order valence-corrected chi connectivity index (χ0v) is 17.8. The van der Waals surface area contributed by atoms with Gasteiger partial charge in [0.05, 0.1) is 12.4 Å². The number of nitrogen functional groups attached to an aromatic ring is 1. The number of nitrogens with one attached hydrogen (secondary N) is 3. The van der Waals surface area contributed by atoms with Crippen LogP contribution in [0.1, 0.15) is 44.6 Å². The van der Waals surface area contributed by atoms with Crippen molar-refractivity contribution >= 4 is 27.7 Å². The van der Waals surface area contributed by atoms with Crippen LogP contribution in [0.15, 0.2) is 24.3 Å². The number of hydrogen-bond donors (Lipinski definition) is 5. The molecule has 0 fully saturated rings. The average molecular weight is 443 g/mol. The molecule has 1 aromatic carbocycles. The van der Waals surface area contributed by atoms with Crippen molar-refractivity contribution in [2.24, 2.45) is 5.73 Å². The Labute approximate surface area is 176 Å². The van der Waals surface area contributed by atoms with Gasteiger partial charge in [-0.2, -0.15) is 4.72 Å². The molecular formula is C19H30N4O6S. The van der Waals surface area contributed by atoms with Crippen LogP contribution in [-0.4, -0.2) is 56.2 Å². The maximum atomic E-state index is 11.9. The Kier molecular flexibility index (Phi) is 10.8. The number of carboxylic acid groups (broad SMARTS) is 1. The quantitative estimate of drug-likeness (QED) is 0.152. The van der Waals surface area contributed by atoms with E-state index in [0.717, 1.165) is 0 Å². The number of sulfonamides is 1. The van der Waals surface area contributed by atoms with E-state index in [9.17, 15) is 18.0 Å². The highest BCUT2D eigenvalue weighted by atomic mass is 32.2. The first kappa shape index (κ1) is 25.4. The van der Waals surface area contributed by atoms with E-state index in [4.69, 9.17) is 21.0 Å². The monoisotopic (exact) mass is 442 g/mol. The van der Waals surface area contributed by atoms with E-state index >= 15 is 0 Å². The lowest BCUT2D eigenvalue weighted by Gasteiger charge is -2.15. The molecule has 0 heterocycles. The molecule has 10 nitrogen and oxygen atoms in total. The van der Waals surface area contributed by atoms with Gasteiger partial charge >= 0.3 is 5.97 Å². The van der Waals surface area contributed by atoms with E-state index < -0.39 is 22.0 Å². The molecule has 0 bridgehead atoms. The van der Waals surface area contributed by atoms with Gasteiger partial charge in [-0.1, -0.05) is 13.3 Å². The number of carbonyl (C=O) groups is 2. The normalized spacial score (nSPS) is 12.2. The van der Waals surface area contributed by atoms with Gasteiger partial charge in [-0.25, -0.2) is 8.42 Å². The van der Waals surface area contributed by atoms with Crippen molar-refractivity contribution < 1.29 is 27.9 Å². The number of hydrogen-bond acceptors (Lipinski definition) is 6. The minimum Gasteiger partial charge on any atom is -0.494 e. The molecule has 1 amide bonds. The Balaban J connectivity index is 2.29. The number of unbranched alkanes of at least 4 members (excludes halogenated alkanes) is 2. The number of ether oxygens (including phenoxy) is 1. The summed E-state index contributed by atoms with van der Waals surface area (Å²) in [6, 6.07) is 5.37. The number of aliphatic carboxylic acids is 1. The van der Waals surface area contributed by atoms with Gasteiger partial charge in [-0.05, 0) is 43.5 Å². The van der Waals surface area contributed by atoms with E-state index in [1.807, 2.05) is 6.92 Å². The molecule has 0 aromatic heterocycles. The Morgan fingerprint density at radius 3 is 2.43 bits per heavy atom. The Morgan fingerprint density at radius 1 is 1.20 bits per heavy atom. The second-order valence-corrected chi connectivity index (χ2v) is 8.60. The molecule has 30 heavy (non-hydrogen) atoms. The van der Waals surface area contributed by atoms with Gasteiger partial charge in [0.2, 0.25) is 15.9 Å². The van der Waals surface area contributed by atoms with E-state index in [1.54, 1.807) is 24.3 Å². The molecule has 1 unspecified atom stereocenters. The highest BCUT2D eigenvalue weighted by molar-refractivity contribution is 7.89. The summed E-state index contributed by atoms with van der Waals surface area (Å²) < 4.78 is 31.3. The predicted molar refractivity (Wildman–Crippen MR) is 113 cm³/mol. The summed E-state index contributed by atoms with van der Waals surface area (Å²) in [4.78, 5) is 23.1. The minimum absolute atomic E-state index is 0.0218. The Bertz CT molecular complexity index is 811. The van der Waals surface area contributed by atoms with Crippen LogP contribution in [0.3, 0.4) is 0 Å². The van der Waals surface area contributed by atoms with Crippen molar-refractivity contribution in [1.82, 2.24) is 10.0 Å². The molecule has 0 spiro atoms. The van der Waals surface area contributed by atoms with E-state index in [1.165, 1.54) is 0 Å². The highest BCUT2D eigenvalue weighted by Gasteiger charge is 2.24. The molecule has 0 radical (unpaired) electrons. The first-order valence-corrected chi connectivity index (χ1v) is 11.4. The summed E-state index contributed by atoms with van der Waals surface area (Å²) in [6.07, 6.45) is 2.40. The second kappa shape index (κ2) is 12.8. The SMILES string of the molecule is CCCCS(=O)(=O)NC(CNC(=O)CCCCOc1ccc(C(=N)N)cc1)C(=O)O. The Morgan fingerprint density at radius 2 is 1.87 bits per heavy atom. The molecular weight excluding hydrogens is 412 g/mol. The fourth-order valence-corrected chi connectivity index (χ4v) is 3.81. The molecule has 0 aliphatic heterocycles. The van der Waals surface area contributed by atoms with Crippen LogP contribution in [0.5, 0.6) is 5.75 Å². The highest BCUT2D eigenvalue weighted by Crippen LogP contribution is 2.12. The molecule has 1 rings (SSSR count). The standard InChI is InChI=1S/C19H30N4O6S/c1-2-3-12-30(27,28)23-16(19(25)26)13-22-17(24)6-4-5-11-29-15-9-7-14(8-10-15)18(20)21/h7-10,16,23H,2-6,11-13H2,1H3,(H3,20,21)(H,22,24)(H,25,26). The van der Waals surface area contributed by atoms with Crippen molar-refractivity contribution in [2.45, 2.75) is 45.1 Å². The number of amidine groups is 1.